The lowest BCUT2D eigenvalue weighted by Gasteiger charge is -1.95. The third-order valence-corrected chi connectivity index (χ3v) is 1.79. The van der Waals surface area contributed by atoms with E-state index >= 15 is 0 Å². The van der Waals surface area contributed by atoms with Crippen molar-refractivity contribution < 1.29 is 0 Å². The van der Waals surface area contributed by atoms with Crippen LogP contribution in [0.3, 0.4) is 0 Å². The van der Waals surface area contributed by atoms with E-state index in [1.165, 1.54) is 7.05 Å². The molecule has 7 nitrogen and oxygen atoms in total. The van der Waals surface area contributed by atoms with Gasteiger partial charge in [-0.15, -0.1) is 0 Å². The van der Waals surface area contributed by atoms with Gasteiger partial charge in [0.1, 0.15) is 5.65 Å². The number of aromatic nitrogens is 4. The highest BCUT2D eigenvalue weighted by Gasteiger charge is 2.06. The van der Waals surface area contributed by atoms with E-state index in [0.29, 0.717) is 0 Å². The minimum Gasteiger partial charge on any atom is -0.300 e. The second-order valence-corrected chi connectivity index (χ2v) is 2.62. The summed E-state index contributed by atoms with van der Waals surface area (Å²) < 4.78 is 1.15. The number of aryl methyl sites for hydroxylation is 1. The Kier molecular flexibility index (Phi) is 1.30. The average Bonchev–Trinajstić information content (AvgIpc) is 2.44. The van der Waals surface area contributed by atoms with Crippen molar-refractivity contribution in [1.82, 2.24) is 19.5 Å². The van der Waals surface area contributed by atoms with Crippen molar-refractivity contribution in [3.05, 3.63) is 31.3 Å². The number of fused-ring (bicyclic) bond motifs is 1. The molecule has 13 heavy (non-hydrogen) atoms. The van der Waals surface area contributed by atoms with Crippen LogP contribution in [-0.4, -0.2) is 19.5 Å². The zero-order chi connectivity index (χ0) is 9.59. The molecule has 2 aromatic heterocycles. The summed E-state index contributed by atoms with van der Waals surface area (Å²) in [5.74, 6) is 0. The molecule has 7 heteroatoms. The molecule has 0 aliphatic carbocycles. The summed E-state index contributed by atoms with van der Waals surface area (Å²) in [4.78, 5) is 39.6. The molecular formula is C6H6N4O3. The summed E-state index contributed by atoms with van der Waals surface area (Å²) in [7, 11) is 1.45. The van der Waals surface area contributed by atoms with Gasteiger partial charge in [-0.05, 0) is 0 Å². The van der Waals surface area contributed by atoms with Crippen LogP contribution in [0, 0.1) is 0 Å². The maximum absolute atomic E-state index is 11.1. The molecule has 0 atom stereocenters. The second-order valence-electron chi connectivity index (χ2n) is 2.62. The fourth-order valence-electron chi connectivity index (χ4n) is 1.13. The standard InChI is InChI=1S/C6H6N4O3/c1-10-3-2(7-5(12)8-3)4(11)9-6(10)13/h1H3,(H2,7,8,12)(H,9,11,13)/i2+1,3+1,4+1,6+1,8+1,9+1,10+1. The highest BCUT2D eigenvalue weighted by molar-refractivity contribution is 5.68. The van der Waals surface area contributed by atoms with Gasteiger partial charge in [0.05, 0.1) is 0 Å². The van der Waals surface area contributed by atoms with Crippen LogP contribution in [0.25, 0.3) is 11.2 Å². The van der Waals surface area contributed by atoms with E-state index < -0.39 is 16.9 Å². The Morgan fingerprint density at radius 3 is 2.46 bits per heavy atom. The highest BCUT2D eigenvalue weighted by Crippen LogP contribution is 1.93. The summed E-state index contributed by atoms with van der Waals surface area (Å²) in [6, 6.07) is 0. The van der Waals surface area contributed by atoms with Gasteiger partial charge in [0.15, 0.2) is 5.52 Å². The average molecular weight is 189 g/mol. The Bertz CT molecular complexity index is 626. The number of hydrogen-bond donors (Lipinski definition) is 3. The van der Waals surface area contributed by atoms with Crippen LogP contribution in [0.15, 0.2) is 14.4 Å². The number of hydrogen-bond acceptors (Lipinski definition) is 3. The van der Waals surface area contributed by atoms with E-state index in [1.54, 1.807) is 0 Å². The second kappa shape index (κ2) is 2.22. The normalized spacial score (nSPS) is 10.8. The monoisotopic (exact) mass is 189 g/mol. The highest BCUT2D eigenvalue weighted by atomic mass is 16.3. The number of nitrogens with one attached hydrogen (secondary N) is 3. The summed E-state index contributed by atoms with van der Waals surface area (Å²) in [6.45, 7) is 0. The molecule has 0 aromatic carbocycles. The molecule has 0 saturated heterocycles. The van der Waals surface area contributed by atoms with Crippen LogP contribution in [0.5, 0.6) is 0 Å². The van der Waals surface area contributed by atoms with E-state index in [-0.39, 0.29) is 11.2 Å². The predicted molar refractivity (Wildman–Crippen MR) is 44.8 cm³/mol. The number of aromatic amines is 3. The lowest BCUT2D eigenvalue weighted by Crippen LogP contribution is -2.28. The Morgan fingerprint density at radius 2 is 1.77 bits per heavy atom. The van der Waals surface area contributed by atoms with Gasteiger partial charge in [-0.3, -0.25) is 24.3 Å². The van der Waals surface area contributed by atoms with Crippen molar-refractivity contribution in [2.75, 3.05) is 0 Å². The van der Waals surface area contributed by atoms with Crippen molar-refractivity contribution in [2.24, 2.45) is 7.05 Å². The summed E-state index contributed by atoms with van der Waals surface area (Å²) in [5, 5.41) is 0. The van der Waals surface area contributed by atoms with Crippen molar-refractivity contribution in [2.45, 2.75) is 0 Å². The van der Waals surface area contributed by atoms with Gasteiger partial charge < -0.3 is 0 Å². The van der Waals surface area contributed by atoms with Crippen molar-refractivity contribution in [3.63, 3.8) is 0 Å². The van der Waals surface area contributed by atoms with Crippen LogP contribution < -0.4 is 16.9 Å². The number of rotatable bonds is 0. The molecule has 0 fully saturated rings. The Balaban J connectivity index is 3.23. The fraction of sp³-hybridized carbons (Fsp3) is 0.167. The van der Waals surface area contributed by atoms with Gasteiger partial charge in [-0.25, -0.2) is 9.59 Å². The first kappa shape index (κ1) is 7.59. The van der Waals surface area contributed by atoms with Crippen LogP contribution in [0.4, 0.5) is 0 Å². The molecule has 0 bridgehead atoms. The Morgan fingerprint density at radius 1 is 1.08 bits per heavy atom. The first-order chi connectivity index (χ1) is 6.09. The maximum Gasteiger partial charge on any atom is 0.329 e. The van der Waals surface area contributed by atoms with E-state index in [0.717, 1.165) is 4.57 Å². The molecule has 3 N–H and O–H groups in total. The molecular weight excluding hydrogens is 183 g/mol. The van der Waals surface area contributed by atoms with Gasteiger partial charge in [-0.1, -0.05) is 0 Å². The zero-order valence-corrected chi connectivity index (χ0v) is 6.67. The first-order valence-electron chi connectivity index (χ1n) is 3.51. The lowest BCUT2D eigenvalue weighted by atomic mass is 11.4. The SMILES string of the molecule is C[15n]1[13c](=O)[15nH][13c](=O)[13c]2[nH]c(=O)[15nH][13c]21. The third-order valence-electron chi connectivity index (χ3n) is 1.79. The zero-order valence-electron chi connectivity index (χ0n) is 6.67. The fourth-order valence-corrected chi connectivity index (χ4v) is 1.13. The Labute approximate surface area is 70.0 Å². The minimum atomic E-state index is -0.601. The van der Waals surface area contributed by atoms with Gasteiger partial charge in [0.2, 0.25) is 0 Å². The maximum atomic E-state index is 11.1. The predicted octanol–water partition coefficient (Wildman–Crippen LogP) is -1.76. The van der Waals surface area contributed by atoms with Gasteiger partial charge in [0.25, 0.3) is 5.56 Å². The molecule has 0 radical (unpaired) electrons. The van der Waals surface area contributed by atoms with Crippen LogP contribution in [-0.2, 0) is 7.05 Å². The lowest BCUT2D eigenvalue weighted by molar-refractivity contribution is 0.831. The number of nitrogens with zero attached hydrogens (tertiary/aromatic N) is 1. The minimum absolute atomic E-state index is 0.0760. The molecule has 68 valence electrons. The quantitative estimate of drug-likeness (QED) is 0.457. The molecule has 2 rings (SSSR count). The summed E-state index contributed by atoms with van der Waals surface area (Å²) >= 11 is 0. The van der Waals surface area contributed by atoms with Crippen LogP contribution in [0.2, 0.25) is 0 Å². The van der Waals surface area contributed by atoms with Gasteiger partial charge >= 0.3 is 11.4 Å². The molecule has 0 aliphatic heterocycles. The largest absolute Gasteiger partial charge is 0.329 e. The molecule has 0 spiro atoms. The first-order valence-corrected chi connectivity index (χ1v) is 3.51. The molecule has 2 aromatic rings. The van der Waals surface area contributed by atoms with E-state index in [4.69, 9.17) is 0 Å². The van der Waals surface area contributed by atoms with Gasteiger partial charge in [-0.2, -0.15) is 0 Å². The van der Waals surface area contributed by atoms with Crippen molar-refractivity contribution in [3.8, 4) is 0 Å². The molecule has 0 aliphatic rings. The van der Waals surface area contributed by atoms with Gasteiger partial charge in [0, 0.05) is 7.05 Å². The molecule has 0 unspecified atom stereocenters. The number of imidazole rings is 1. The number of H-pyrrole nitrogens is 3. The van der Waals surface area contributed by atoms with Crippen molar-refractivity contribution in [1.29, 1.82) is 0 Å². The third kappa shape index (κ3) is 0.934. The van der Waals surface area contributed by atoms with Crippen LogP contribution in [0.1, 0.15) is 0 Å². The molecule has 0 saturated carbocycles. The smallest absolute Gasteiger partial charge is 0.300 e. The molecule has 0 amide bonds. The topological polar surface area (TPSA) is 104 Å². The van der Waals surface area contributed by atoms with E-state index in [1.807, 2.05) is 0 Å². The van der Waals surface area contributed by atoms with Crippen LogP contribution >= 0.6 is 0 Å². The Hall–Kier alpha value is -2.05. The van der Waals surface area contributed by atoms with E-state index in [9.17, 15) is 14.4 Å². The summed E-state index contributed by atoms with van der Waals surface area (Å²) in [6.07, 6.45) is 0. The van der Waals surface area contributed by atoms with E-state index in [2.05, 4.69) is 15.0 Å². The molecule has 2 heterocycles. The van der Waals surface area contributed by atoms with Crippen molar-refractivity contribution >= 4 is 11.2 Å². The summed E-state index contributed by atoms with van der Waals surface area (Å²) in [5.41, 5.74) is -1.41.